The molecule has 3 heterocycles. The van der Waals surface area contributed by atoms with E-state index >= 15 is 0 Å². The molecule has 6 nitrogen and oxygen atoms in total. The van der Waals surface area contributed by atoms with Crippen LogP contribution in [-0.2, 0) is 10.2 Å². The number of nitrogens with one attached hydrogen (secondary N) is 1. The van der Waals surface area contributed by atoms with E-state index in [-0.39, 0.29) is 5.41 Å². The number of fused-ring (bicyclic) bond motifs is 1. The maximum Gasteiger partial charge on any atom is 0.214 e. The molecule has 1 unspecified atom stereocenters. The van der Waals surface area contributed by atoms with Crippen LogP contribution in [0.5, 0.6) is 0 Å². The highest BCUT2D eigenvalue weighted by Crippen LogP contribution is 2.28. The van der Waals surface area contributed by atoms with Crippen molar-refractivity contribution >= 4 is 32.8 Å². The Morgan fingerprint density at radius 1 is 1.23 bits per heavy atom. The molecule has 0 radical (unpaired) electrons. The summed E-state index contributed by atoms with van der Waals surface area (Å²) in [7, 11) is 0. The van der Waals surface area contributed by atoms with Gasteiger partial charge in [0.05, 0.1) is 25.1 Å². The number of rotatable bonds is 3. The number of aromatic nitrogens is 3. The molecule has 1 saturated heterocycles. The van der Waals surface area contributed by atoms with Crippen LogP contribution in [0.2, 0.25) is 0 Å². The third kappa shape index (κ3) is 3.41. The smallest absolute Gasteiger partial charge is 0.214 e. The van der Waals surface area contributed by atoms with Crippen LogP contribution in [0.4, 0.5) is 16.5 Å². The quantitative estimate of drug-likeness (QED) is 0.752. The second-order valence-corrected chi connectivity index (χ2v) is 8.76. The molecule has 1 aliphatic rings. The third-order valence-corrected chi connectivity index (χ3v) is 5.47. The summed E-state index contributed by atoms with van der Waals surface area (Å²) < 4.78 is 7.38. The van der Waals surface area contributed by atoms with Gasteiger partial charge in [0.25, 0.3) is 0 Å². The molecule has 0 saturated carbocycles. The van der Waals surface area contributed by atoms with Gasteiger partial charge in [-0.1, -0.05) is 32.1 Å². The number of hydrogen-bond donors (Lipinski definition) is 1. The second-order valence-electron chi connectivity index (χ2n) is 7.80. The molecule has 26 heavy (non-hydrogen) atoms. The summed E-state index contributed by atoms with van der Waals surface area (Å²) in [5.74, 6) is 0. The van der Waals surface area contributed by atoms with Crippen LogP contribution in [0.3, 0.4) is 0 Å². The number of imidazole rings is 1. The lowest BCUT2D eigenvalue weighted by Gasteiger charge is -2.35. The van der Waals surface area contributed by atoms with Crippen molar-refractivity contribution in [1.29, 1.82) is 0 Å². The lowest BCUT2D eigenvalue weighted by atomic mass is 9.93. The first-order chi connectivity index (χ1) is 12.4. The number of anilines is 3. The van der Waals surface area contributed by atoms with Crippen molar-refractivity contribution in [3.05, 3.63) is 36.2 Å². The lowest BCUT2D eigenvalue weighted by molar-refractivity contribution is 0.0989. The van der Waals surface area contributed by atoms with E-state index in [0.717, 1.165) is 41.2 Å². The molecule has 2 aromatic heterocycles. The van der Waals surface area contributed by atoms with Gasteiger partial charge in [-0.3, -0.25) is 0 Å². The molecule has 0 aliphatic carbocycles. The van der Waals surface area contributed by atoms with Crippen molar-refractivity contribution in [2.24, 2.45) is 0 Å². The second kappa shape index (κ2) is 6.55. The van der Waals surface area contributed by atoms with Gasteiger partial charge in [-0.05, 0) is 31.2 Å². The summed E-state index contributed by atoms with van der Waals surface area (Å²) in [6.45, 7) is 11.2. The van der Waals surface area contributed by atoms with Crippen LogP contribution in [0.15, 0.2) is 30.5 Å². The zero-order valence-corrected chi connectivity index (χ0v) is 16.5. The highest BCUT2D eigenvalue weighted by atomic mass is 32.1. The van der Waals surface area contributed by atoms with E-state index in [0.29, 0.717) is 6.04 Å². The lowest BCUT2D eigenvalue weighted by Crippen LogP contribution is -2.43. The molecule has 4 rings (SSSR count). The van der Waals surface area contributed by atoms with Crippen LogP contribution in [0, 0.1) is 0 Å². The molecule has 1 fully saturated rings. The van der Waals surface area contributed by atoms with Crippen molar-refractivity contribution in [2.45, 2.75) is 39.2 Å². The molecule has 0 amide bonds. The summed E-state index contributed by atoms with van der Waals surface area (Å²) >= 11 is 1.56. The number of ether oxygens (including phenoxy) is 1. The molecule has 7 heteroatoms. The van der Waals surface area contributed by atoms with Crippen molar-refractivity contribution in [1.82, 2.24) is 14.6 Å². The summed E-state index contributed by atoms with van der Waals surface area (Å²) in [6.07, 6.45) is 2.01. The normalized spacial score (nSPS) is 18.5. The van der Waals surface area contributed by atoms with Crippen LogP contribution < -0.4 is 10.2 Å². The van der Waals surface area contributed by atoms with Gasteiger partial charge in [0.15, 0.2) is 0 Å². The summed E-state index contributed by atoms with van der Waals surface area (Å²) in [5, 5.41) is 8.83. The number of nitrogens with zero attached hydrogens (tertiary/aromatic N) is 4. The van der Waals surface area contributed by atoms with E-state index in [1.165, 1.54) is 5.69 Å². The van der Waals surface area contributed by atoms with Crippen molar-refractivity contribution < 1.29 is 4.74 Å². The van der Waals surface area contributed by atoms with Gasteiger partial charge in [-0.2, -0.15) is 0 Å². The fourth-order valence-corrected chi connectivity index (χ4v) is 3.88. The first-order valence-electron chi connectivity index (χ1n) is 8.98. The predicted molar refractivity (Wildman–Crippen MR) is 107 cm³/mol. The van der Waals surface area contributed by atoms with Crippen LogP contribution in [0.25, 0.3) is 4.96 Å². The Bertz CT molecular complexity index is 861. The minimum atomic E-state index is 0.0352. The van der Waals surface area contributed by atoms with E-state index < -0.39 is 0 Å². The Kier molecular flexibility index (Phi) is 4.36. The summed E-state index contributed by atoms with van der Waals surface area (Å²) in [6, 6.07) is 8.91. The van der Waals surface area contributed by atoms with Crippen molar-refractivity contribution in [3.63, 3.8) is 0 Å². The highest BCUT2D eigenvalue weighted by Gasteiger charge is 2.20. The Labute approximate surface area is 157 Å². The zero-order valence-electron chi connectivity index (χ0n) is 15.7. The van der Waals surface area contributed by atoms with Crippen LogP contribution in [0.1, 0.15) is 33.4 Å². The predicted octanol–water partition coefficient (Wildman–Crippen LogP) is 4.06. The third-order valence-electron chi connectivity index (χ3n) is 4.63. The van der Waals surface area contributed by atoms with Crippen LogP contribution in [-0.4, -0.2) is 40.4 Å². The Hall–Kier alpha value is -2.12. The number of hydrogen-bond acceptors (Lipinski definition) is 6. The molecular formula is C19H25N5OS. The highest BCUT2D eigenvalue weighted by molar-refractivity contribution is 7.20. The molecular weight excluding hydrogens is 346 g/mol. The Balaban J connectivity index is 1.48. The van der Waals surface area contributed by atoms with E-state index in [2.05, 4.69) is 67.3 Å². The Morgan fingerprint density at radius 3 is 2.65 bits per heavy atom. The fraction of sp³-hybridized carbons (Fsp3) is 0.474. The number of benzene rings is 1. The molecule has 138 valence electrons. The maximum atomic E-state index is 5.52. The van der Waals surface area contributed by atoms with Gasteiger partial charge in [-0.25, -0.2) is 9.50 Å². The van der Waals surface area contributed by atoms with E-state index in [4.69, 9.17) is 9.72 Å². The van der Waals surface area contributed by atoms with Crippen LogP contribution >= 0.6 is 11.3 Å². The largest absolute Gasteiger partial charge is 0.377 e. The molecule has 0 bridgehead atoms. The topological polar surface area (TPSA) is 54.7 Å². The summed E-state index contributed by atoms with van der Waals surface area (Å²) in [5.41, 5.74) is 3.36. The SMILES string of the molecule is CC1COCCN1c1ccc(Nc2nn3cc(C(C)(C)C)nc3s2)cc1. The monoisotopic (exact) mass is 371 g/mol. The molecule has 1 atom stereocenters. The zero-order chi connectivity index (χ0) is 18.3. The van der Waals surface area contributed by atoms with Crippen molar-refractivity contribution in [2.75, 3.05) is 30.0 Å². The van der Waals surface area contributed by atoms with E-state index in [1.807, 2.05) is 10.7 Å². The van der Waals surface area contributed by atoms with Gasteiger partial charge in [0.2, 0.25) is 10.1 Å². The molecule has 0 spiro atoms. The summed E-state index contributed by atoms with van der Waals surface area (Å²) in [4.78, 5) is 7.99. The minimum Gasteiger partial charge on any atom is -0.377 e. The minimum absolute atomic E-state index is 0.0352. The molecule has 1 N–H and O–H groups in total. The molecule has 1 aliphatic heterocycles. The number of morpholine rings is 1. The maximum absolute atomic E-state index is 5.52. The fourth-order valence-electron chi connectivity index (χ4n) is 3.08. The average molecular weight is 372 g/mol. The van der Waals surface area contributed by atoms with Gasteiger partial charge in [0.1, 0.15) is 0 Å². The van der Waals surface area contributed by atoms with E-state index in [1.54, 1.807) is 11.3 Å². The average Bonchev–Trinajstić information content (AvgIpc) is 3.14. The van der Waals surface area contributed by atoms with E-state index in [9.17, 15) is 0 Å². The van der Waals surface area contributed by atoms with Gasteiger partial charge < -0.3 is 15.0 Å². The Morgan fingerprint density at radius 2 is 2.00 bits per heavy atom. The van der Waals surface area contributed by atoms with Gasteiger partial charge in [0, 0.05) is 29.4 Å². The molecule has 3 aromatic rings. The first kappa shape index (κ1) is 17.3. The standard InChI is InChI=1S/C19H25N5OS/c1-13-12-25-10-9-23(13)15-7-5-14(6-8-15)20-17-22-24-11-16(19(2,3)4)21-18(24)26-17/h5-8,11,13H,9-10,12H2,1-4H3,(H,20,22). The van der Waals surface area contributed by atoms with Gasteiger partial charge >= 0.3 is 0 Å². The first-order valence-corrected chi connectivity index (χ1v) is 9.80. The molecule has 1 aromatic carbocycles. The van der Waals surface area contributed by atoms with Gasteiger partial charge in [-0.15, -0.1) is 5.10 Å². The van der Waals surface area contributed by atoms with Crippen molar-refractivity contribution in [3.8, 4) is 0 Å².